The molecule has 0 aliphatic rings. The third-order valence-electron chi connectivity index (χ3n) is 3.67. The van der Waals surface area contributed by atoms with Crippen molar-refractivity contribution in [3.05, 3.63) is 77.0 Å². The van der Waals surface area contributed by atoms with Crippen molar-refractivity contribution >= 4 is 18.1 Å². The van der Waals surface area contributed by atoms with Gasteiger partial charge in [0.25, 0.3) is 5.91 Å². The molecule has 2 aromatic carbocycles. The summed E-state index contributed by atoms with van der Waals surface area (Å²) in [6.07, 6.45) is 1.43. The van der Waals surface area contributed by atoms with Gasteiger partial charge in [-0.1, -0.05) is 47.6 Å². The number of hydrogen-bond donors (Lipinski definition) is 2. The smallest absolute Gasteiger partial charge is 0.335 e. The van der Waals surface area contributed by atoms with E-state index in [1.807, 2.05) is 30.3 Å². The number of carboxylic acid groups (broad SMARTS) is 1. The molecule has 0 unspecified atom stereocenters. The van der Waals surface area contributed by atoms with Gasteiger partial charge < -0.3 is 9.63 Å². The molecule has 0 aliphatic heterocycles. The molecule has 0 spiro atoms. The Kier molecular flexibility index (Phi) is 4.89. The van der Waals surface area contributed by atoms with Crippen LogP contribution >= 0.6 is 0 Å². The van der Waals surface area contributed by atoms with E-state index in [9.17, 15) is 9.59 Å². The molecule has 3 aromatic rings. The van der Waals surface area contributed by atoms with Gasteiger partial charge in [0.05, 0.1) is 11.8 Å². The summed E-state index contributed by atoms with van der Waals surface area (Å²) in [4.78, 5) is 23.3. The molecule has 1 heterocycles. The van der Waals surface area contributed by atoms with Crippen LogP contribution in [-0.2, 0) is 0 Å². The van der Waals surface area contributed by atoms with E-state index in [1.165, 1.54) is 18.3 Å². The van der Waals surface area contributed by atoms with Crippen molar-refractivity contribution in [2.75, 3.05) is 0 Å². The normalized spacial score (nSPS) is 10.8. The van der Waals surface area contributed by atoms with Crippen molar-refractivity contribution in [3.63, 3.8) is 0 Å². The molecular weight excluding hydrogens is 334 g/mol. The fourth-order valence-electron chi connectivity index (χ4n) is 2.37. The van der Waals surface area contributed by atoms with Crippen LogP contribution in [0.25, 0.3) is 11.3 Å². The molecule has 7 nitrogen and oxygen atoms in total. The zero-order valence-corrected chi connectivity index (χ0v) is 13.8. The number of hydrogen-bond acceptors (Lipinski definition) is 5. The van der Waals surface area contributed by atoms with Gasteiger partial charge in [0.15, 0.2) is 0 Å². The lowest BCUT2D eigenvalue weighted by molar-refractivity contribution is 0.0696. The van der Waals surface area contributed by atoms with Crippen molar-refractivity contribution in [2.24, 2.45) is 5.10 Å². The van der Waals surface area contributed by atoms with Gasteiger partial charge in [-0.3, -0.25) is 4.79 Å². The number of carbonyl (C=O) groups is 2. The fraction of sp³-hybridized carbons (Fsp3) is 0.0526. The third kappa shape index (κ3) is 3.67. The lowest BCUT2D eigenvalue weighted by Crippen LogP contribution is -2.18. The average Bonchev–Trinajstić information content (AvgIpc) is 3.04. The molecule has 7 heteroatoms. The largest absolute Gasteiger partial charge is 0.478 e. The van der Waals surface area contributed by atoms with E-state index in [1.54, 1.807) is 19.1 Å². The number of benzene rings is 2. The molecular formula is C19H15N3O4. The van der Waals surface area contributed by atoms with Gasteiger partial charge in [0, 0.05) is 5.56 Å². The summed E-state index contributed by atoms with van der Waals surface area (Å²) in [5.74, 6) is -1.05. The van der Waals surface area contributed by atoms with Crippen LogP contribution in [0.2, 0.25) is 0 Å². The second kappa shape index (κ2) is 7.43. The van der Waals surface area contributed by atoms with Crippen LogP contribution in [0.5, 0.6) is 0 Å². The molecule has 0 radical (unpaired) electrons. The topological polar surface area (TPSA) is 105 Å². The molecule has 0 bridgehead atoms. The number of aromatic nitrogens is 1. The van der Waals surface area contributed by atoms with E-state index < -0.39 is 11.9 Å². The van der Waals surface area contributed by atoms with Gasteiger partial charge in [-0.25, -0.2) is 10.2 Å². The highest BCUT2D eigenvalue weighted by atomic mass is 16.5. The van der Waals surface area contributed by atoms with Crippen LogP contribution in [0.15, 0.2) is 64.2 Å². The second-order valence-electron chi connectivity index (χ2n) is 5.45. The number of carbonyl (C=O) groups excluding carboxylic acids is 1. The van der Waals surface area contributed by atoms with Crippen molar-refractivity contribution in [2.45, 2.75) is 6.92 Å². The van der Waals surface area contributed by atoms with E-state index in [0.29, 0.717) is 22.6 Å². The second-order valence-corrected chi connectivity index (χ2v) is 5.45. The lowest BCUT2D eigenvalue weighted by atomic mass is 10.1. The predicted octanol–water partition coefficient (Wildman–Crippen LogP) is 3.11. The molecule has 2 N–H and O–H groups in total. The van der Waals surface area contributed by atoms with Crippen LogP contribution in [0.4, 0.5) is 0 Å². The predicted molar refractivity (Wildman–Crippen MR) is 95.1 cm³/mol. The number of amides is 1. The minimum absolute atomic E-state index is 0.179. The number of nitrogens with zero attached hydrogens (tertiary/aromatic N) is 2. The van der Waals surface area contributed by atoms with E-state index >= 15 is 0 Å². The Hall–Kier alpha value is -3.74. The maximum absolute atomic E-state index is 12.5. The first-order valence-corrected chi connectivity index (χ1v) is 7.74. The molecule has 3 rings (SSSR count). The van der Waals surface area contributed by atoms with E-state index in [0.717, 1.165) is 5.56 Å². The summed E-state index contributed by atoms with van der Waals surface area (Å²) in [5, 5.41) is 16.7. The first-order valence-electron chi connectivity index (χ1n) is 7.74. The molecule has 26 heavy (non-hydrogen) atoms. The van der Waals surface area contributed by atoms with Crippen LogP contribution in [0.3, 0.4) is 0 Å². The van der Waals surface area contributed by atoms with E-state index in [2.05, 4.69) is 15.7 Å². The van der Waals surface area contributed by atoms with Gasteiger partial charge in [-0.15, -0.1) is 0 Å². The zero-order valence-electron chi connectivity index (χ0n) is 13.8. The molecule has 0 saturated heterocycles. The third-order valence-corrected chi connectivity index (χ3v) is 3.67. The molecule has 1 aromatic heterocycles. The van der Waals surface area contributed by atoms with E-state index in [-0.39, 0.29) is 5.56 Å². The molecule has 1 amide bonds. The molecule has 0 aliphatic carbocycles. The monoisotopic (exact) mass is 349 g/mol. The van der Waals surface area contributed by atoms with Gasteiger partial charge in [0.1, 0.15) is 17.0 Å². The molecule has 130 valence electrons. The number of carboxylic acids is 1. The Balaban J connectivity index is 1.75. The van der Waals surface area contributed by atoms with Crippen molar-refractivity contribution in [1.82, 2.24) is 10.6 Å². The minimum Gasteiger partial charge on any atom is -0.478 e. The van der Waals surface area contributed by atoms with E-state index in [4.69, 9.17) is 9.63 Å². The quantitative estimate of drug-likeness (QED) is 0.544. The van der Waals surface area contributed by atoms with Crippen LogP contribution in [0.1, 0.15) is 32.0 Å². The number of rotatable bonds is 5. The average molecular weight is 349 g/mol. The van der Waals surface area contributed by atoms with Crippen LogP contribution in [0, 0.1) is 6.92 Å². The van der Waals surface area contributed by atoms with Crippen molar-refractivity contribution in [1.29, 1.82) is 0 Å². The SMILES string of the molecule is Cc1onc(-c2ccccc2)c1C(=O)NN=Cc1ccc(C(=O)O)cc1. The Morgan fingerprint density at radius 2 is 1.81 bits per heavy atom. The Labute approximate surface area is 149 Å². The Morgan fingerprint density at radius 1 is 1.12 bits per heavy atom. The summed E-state index contributed by atoms with van der Waals surface area (Å²) in [5.41, 5.74) is 4.80. The van der Waals surface area contributed by atoms with Crippen molar-refractivity contribution < 1.29 is 19.2 Å². The first-order chi connectivity index (χ1) is 12.6. The standard InChI is InChI=1S/C19H15N3O4/c1-12-16(17(22-26-12)14-5-3-2-4-6-14)18(23)21-20-11-13-7-9-15(10-8-13)19(24)25/h2-11H,1H3,(H,21,23)(H,24,25). The molecule has 0 saturated carbocycles. The summed E-state index contributed by atoms with van der Waals surface area (Å²) in [6.45, 7) is 1.66. The summed E-state index contributed by atoms with van der Waals surface area (Å²) < 4.78 is 5.15. The summed E-state index contributed by atoms with van der Waals surface area (Å²) in [6, 6.07) is 15.4. The van der Waals surface area contributed by atoms with Crippen molar-refractivity contribution in [3.8, 4) is 11.3 Å². The van der Waals surface area contributed by atoms with Crippen LogP contribution in [-0.4, -0.2) is 28.4 Å². The fourth-order valence-corrected chi connectivity index (χ4v) is 2.37. The lowest BCUT2D eigenvalue weighted by Gasteiger charge is -2.01. The first kappa shape index (κ1) is 17.1. The number of nitrogens with one attached hydrogen (secondary N) is 1. The highest BCUT2D eigenvalue weighted by Gasteiger charge is 2.21. The minimum atomic E-state index is -1.00. The van der Waals surface area contributed by atoms with Gasteiger partial charge in [-0.05, 0) is 24.6 Å². The summed E-state index contributed by atoms with van der Waals surface area (Å²) >= 11 is 0. The maximum atomic E-state index is 12.5. The number of aryl methyl sites for hydroxylation is 1. The van der Waals surface area contributed by atoms with Crippen LogP contribution < -0.4 is 5.43 Å². The molecule has 0 atom stereocenters. The molecule has 0 fully saturated rings. The summed E-state index contributed by atoms with van der Waals surface area (Å²) in [7, 11) is 0. The Bertz CT molecular complexity index is 960. The van der Waals surface area contributed by atoms with Gasteiger partial charge >= 0.3 is 5.97 Å². The zero-order chi connectivity index (χ0) is 18.5. The highest BCUT2D eigenvalue weighted by Crippen LogP contribution is 2.24. The number of aromatic carboxylic acids is 1. The highest BCUT2D eigenvalue weighted by molar-refractivity contribution is 6.01. The van der Waals surface area contributed by atoms with Gasteiger partial charge in [-0.2, -0.15) is 5.10 Å². The number of hydrazone groups is 1. The maximum Gasteiger partial charge on any atom is 0.335 e. The van der Waals surface area contributed by atoms with Gasteiger partial charge in [0.2, 0.25) is 0 Å². The Morgan fingerprint density at radius 3 is 2.46 bits per heavy atom.